The second-order valence-corrected chi connectivity index (χ2v) is 4.86. The molecule has 0 saturated carbocycles. The first-order valence-corrected chi connectivity index (χ1v) is 7.19. The van der Waals surface area contributed by atoms with Crippen LogP contribution in [0.25, 0.3) is 0 Å². The molecule has 1 heterocycles. The Bertz CT molecular complexity index is 508. The number of hydrogen-bond donors (Lipinski definition) is 2. The molecule has 1 atom stereocenters. The number of nitrogens with zero attached hydrogens (tertiary/aromatic N) is 1. The van der Waals surface area contributed by atoms with Crippen molar-refractivity contribution >= 4 is 23.5 Å². The van der Waals surface area contributed by atoms with Crippen molar-refractivity contribution in [2.45, 2.75) is 39.2 Å². The highest BCUT2D eigenvalue weighted by atomic mass is 35.5. The smallest absolute Gasteiger partial charge is 0.326 e. The average molecular weight is 315 g/mol. The van der Waals surface area contributed by atoms with Gasteiger partial charge in [0.25, 0.3) is 5.91 Å². The summed E-state index contributed by atoms with van der Waals surface area (Å²) in [5, 5.41) is 11.8. The van der Waals surface area contributed by atoms with Crippen LogP contribution in [0.4, 0.5) is 0 Å². The molecule has 1 rings (SSSR count). The third kappa shape index (κ3) is 5.23. The van der Waals surface area contributed by atoms with Gasteiger partial charge in [0.15, 0.2) is 0 Å². The number of unbranched alkanes of at least 4 members (excludes halogenated alkanes) is 1. The number of hydrogen-bond acceptors (Lipinski definition) is 4. The first kappa shape index (κ1) is 17.2. The maximum Gasteiger partial charge on any atom is 0.326 e. The summed E-state index contributed by atoms with van der Waals surface area (Å²) in [5.74, 6) is -1.32. The summed E-state index contributed by atoms with van der Waals surface area (Å²) in [6, 6.07) is 0.496. The number of pyridine rings is 1. The minimum Gasteiger partial charge on any atom is -0.480 e. The molecule has 0 radical (unpaired) electrons. The van der Waals surface area contributed by atoms with Gasteiger partial charge in [0.2, 0.25) is 5.88 Å². The Balaban J connectivity index is 2.78. The fourth-order valence-corrected chi connectivity index (χ4v) is 1.92. The maximum absolute atomic E-state index is 12.0. The number of aliphatic carboxylic acids is 1. The van der Waals surface area contributed by atoms with Gasteiger partial charge in [0.05, 0.1) is 12.2 Å². The lowest BCUT2D eigenvalue weighted by atomic mass is 10.1. The number of nitrogens with one attached hydrogen (secondary N) is 1. The largest absolute Gasteiger partial charge is 0.480 e. The Morgan fingerprint density at radius 2 is 2.19 bits per heavy atom. The van der Waals surface area contributed by atoms with E-state index in [2.05, 4.69) is 10.3 Å². The Hall–Kier alpha value is -1.82. The van der Waals surface area contributed by atoms with Crippen molar-refractivity contribution in [1.29, 1.82) is 0 Å². The van der Waals surface area contributed by atoms with E-state index in [0.717, 1.165) is 12.8 Å². The molecule has 0 aromatic carbocycles. The van der Waals surface area contributed by atoms with Crippen molar-refractivity contribution in [1.82, 2.24) is 10.3 Å². The number of carbonyl (C=O) groups excluding carboxylic acids is 1. The third-order valence-corrected chi connectivity index (χ3v) is 3.07. The van der Waals surface area contributed by atoms with E-state index in [1.54, 1.807) is 6.92 Å². The molecule has 0 fully saturated rings. The lowest BCUT2D eigenvalue weighted by molar-refractivity contribution is -0.139. The molecule has 1 aromatic heterocycles. The molecule has 0 aliphatic heterocycles. The molecule has 0 aliphatic carbocycles. The normalized spacial score (nSPS) is 11.8. The summed E-state index contributed by atoms with van der Waals surface area (Å²) < 4.78 is 5.17. The van der Waals surface area contributed by atoms with Crippen LogP contribution in [0, 0.1) is 0 Å². The Kier molecular flexibility index (Phi) is 6.94. The predicted octanol–water partition coefficient (Wildman–Crippen LogP) is 2.51. The maximum atomic E-state index is 12.0. The number of aromatic nitrogens is 1. The minimum absolute atomic E-state index is 0.200. The van der Waals surface area contributed by atoms with Crippen molar-refractivity contribution < 1.29 is 19.4 Å². The zero-order valence-corrected chi connectivity index (χ0v) is 12.8. The van der Waals surface area contributed by atoms with Gasteiger partial charge in [-0.3, -0.25) is 4.79 Å². The lowest BCUT2D eigenvalue weighted by Gasteiger charge is -2.14. The monoisotopic (exact) mass is 314 g/mol. The van der Waals surface area contributed by atoms with Gasteiger partial charge < -0.3 is 15.2 Å². The molecule has 6 nitrogen and oxygen atoms in total. The molecule has 7 heteroatoms. The molecule has 21 heavy (non-hydrogen) atoms. The number of carbonyl (C=O) groups is 2. The quantitative estimate of drug-likeness (QED) is 0.769. The average Bonchev–Trinajstić information content (AvgIpc) is 2.45. The highest BCUT2D eigenvalue weighted by molar-refractivity contribution is 6.32. The van der Waals surface area contributed by atoms with Gasteiger partial charge >= 0.3 is 5.97 Å². The van der Waals surface area contributed by atoms with Gasteiger partial charge in [-0.05, 0) is 19.4 Å². The van der Waals surface area contributed by atoms with E-state index in [0.29, 0.717) is 13.0 Å². The van der Waals surface area contributed by atoms with E-state index in [4.69, 9.17) is 21.4 Å². The van der Waals surface area contributed by atoms with Gasteiger partial charge in [0.1, 0.15) is 11.1 Å². The summed E-state index contributed by atoms with van der Waals surface area (Å²) in [6.07, 6.45) is 3.27. The second-order valence-electron chi connectivity index (χ2n) is 4.45. The number of halogens is 1. The van der Waals surface area contributed by atoms with Gasteiger partial charge in [-0.25, -0.2) is 9.78 Å². The van der Waals surface area contributed by atoms with Crippen LogP contribution in [0.1, 0.15) is 43.5 Å². The number of ether oxygens (including phenoxy) is 1. The van der Waals surface area contributed by atoms with Crippen LogP contribution in [0.3, 0.4) is 0 Å². The molecule has 0 bridgehead atoms. The number of carboxylic acids is 1. The Labute approximate surface area is 128 Å². The van der Waals surface area contributed by atoms with Crippen LogP contribution in [0.5, 0.6) is 5.88 Å². The van der Waals surface area contributed by atoms with Gasteiger partial charge in [0, 0.05) is 6.20 Å². The van der Waals surface area contributed by atoms with E-state index >= 15 is 0 Å². The van der Waals surface area contributed by atoms with Gasteiger partial charge in [-0.15, -0.1) is 0 Å². The number of carboxylic acid groups (broad SMARTS) is 1. The number of amides is 1. The van der Waals surface area contributed by atoms with E-state index in [-0.39, 0.29) is 16.5 Å². The van der Waals surface area contributed by atoms with Crippen LogP contribution < -0.4 is 10.1 Å². The SMILES string of the molecule is CCCCC(NC(=O)c1cnc(OCC)c(Cl)c1)C(=O)O. The van der Waals surface area contributed by atoms with Crippen LogP contribution in [-0.2, 0) is 4.79 Å². The second kappa shape index (κ2) is 8.46. The van der Waals surface area contributed by atoms with Crippen molar-refractivity contribution in [2.24, 2.45) is 0 Å². The van der Waals surface area contributed by atoms with E-state index in [1.165, 1.54) is 12.3 Å². The molecule has 0 spiro atoms. The zero-order chi connectivity index (χ0) is 15.8. The molecule has 1 aromatic rings. The Morgan fingerprint density at radius 3 is 2.71 bits per heavy atom. The lowest BCUT2D eigenvalue weighted by Crippen LogP contribution is -2.40. The highest BCUT2D eigenvalue weighted by Crippen LogP contribution is 2.22. The molecule has 1 unspecified atom stereocenters. The summed E-state index contributed by atoms with van der Waals surface area (Å²) in [7, 11) is 0. The van der Waals surface area contributed by atoms with Crippen molar-refractivity contribution in [3.8, 4) is 5.88 Å². The van der Waals surface area contributed by atoms with Gasteiger partial charge in [-0.2, -0.15) is 0 Å². The minimum atomic E-state index is -1.05. The molecule has 0 saturated heterocycles. The molecular formula is C14H19ClN2O4. The summed E-state index contributed by atoms with van der Waals surface area (Å²) in [6.45, 7) is 4.16. The van der Waals surface area contributed by atoms with E-state index in [9.17, 15) is 9.59 Å². The van der Waals surface area contributed by atoms with Crippen LogP contribution in [0.2, 0.25) is 5.02 Å². The van der Waals surface area contributed by atoms with Crippen LogP contribution >= 0.6 is 11.6 Å². The number of rotatable bonds is 8. The van der Waals surface area contributed by atoms with E-state index in [1.807, 2.05) is 6.92 Å². The zero-order valence-electron chi connectivity index (χ0n) is 12.1. The first-order chi connectivity index (χ1) is 9.99. The van der Waals surface area contributed by atoms with Crippen molar-refractivity contribution in [2.75, 3.05) is 6.61 Å². The molecule has 2 N–H and O–H groups in total. The van der Waals surface area contributed by atoms with E-state index < -0.39 is 17.9 Å². The summed E-state index contributed by atoms with van der Waals surface area (Å²) >= 11 is 5.95. The fraction of sp³-hybridized carbons (Fsp3) is 0.500. The topological polar surface area (TPSA) is 88.5 Å². The summed E-state index contributed by atoms with van der Waals surface area (Å²) in [4.78, 5) is 27.1. The molecule has 1 amide bonds. The first-order valence-electron chi connectivity index (χ1n) is 6.81. The van der Waals surface area contributed by atoms with Gasteiger partial charge in [-0.1, -0.05) is 31.4 Å². The van der Waals surface area contributed by atoms with Crippen LogP contribution in [-0.4, -0.2) is 34.6 Å². The standard InChI is InChI=1S/C14H19ClN2O4/c1-3-5-6-11(14(19)20)17-12(18)9-7-10(15)13(16-8-9)21-4-2/h7-8,11H,3-6H2,1-2H3,(H,17,18)(H,19,20). The molecule has 116 valence electrons. The predicted molar refractivity (Wildman–Crippen MR) is 78.8 cm³/mol. The molecular weight excluding hydrogens is 296 g/mol. The highest BCUT2D eigenvalue weighted by Gasteiger charge is 2.20. The van der Waals surface area contributed by atoms with Crippen molar-refractivity contribution in [3.05, 3.63) is 22.8 Å². The van der Waals surface area contributed by atoms with Crippen LogP contribution in [0.15, 0.2) is 12.3 Å². The Morgan fingerprint density at radius 1 is 1.48 bits per heavy atom. The van der Waals surface area contributed by atoms with Crippen molar-refractivity contribution in [3.63, 3.8) is 0 Å². The third-order valence-electron chi connectivity index (χ3n) is 2.80. The summed E-state index contributed by atoms with van der Waals surface area (Å²) in [5.41, 5.74) is 0.200. The molecule has 0 aliphatic rings. The fourth-order valence-electron chi connectivity index (χ4n) is 1.70.